The molecule has 0 N–H and O–H groups in total. The van der Waals surface area contributed by atoms with Crippen molar-refractivity contribution in [2.45, 2.75) is 27.2 Å². The van der Waals surface area contributed by atoms with Gasteiger partial charge in [-0.1, -0.05) is 20.8 Å². The van der Waals surface area contributed by atoms with Crippen LogP contribution in [0.5, 0.6) is 0 Å². The van der Waals surface area contributed by atoms with Gasteiger partial charge in [0.15, 0.2) is 0 Å². The predicted molar refractivity (Wildman–Crippen MR) is 51.1 cm³/mol. The summed E-state index contributed by atoms with van der Waals surface area (Å²) in [6.07, 6.45) is 1.13. The minimum absolute atomic E-state index is 0.538. The number of rotatable bonds is 3. The molecule has 0 saturated carbocycles. The molecular formula is C9H20N2. The van der Waals surface area contributed by atoms with E-state index in [1.807, 2.05) is 0 Å². The number of hydrogen-bond donors (Lipinski definition) is 0. The predicted octanol–water partition coefficient (Wildman–Crippen LogP) is 2.01. The zero-order valence-electron chi connectivity index (χ0n) is 8.39. The van der Waals surface area contributed by atoms with Crippen molar-refractivity contribution in [2.24, 2.45) is 10.9 Å². The summed E-state index contributed by atoms with van der Waals surface area (Å²) < 4.78 is 0. The largest absolute Gasteiger partial charge is 0.366 e. The van der Waals surface area contributed by atoms with Gasteiger partial charge in [0.2, 0.25) is 0 Å². The third-order valence-electron chi connectivity index (χ3n) is 1.47. The first kappa shape index (κ1) is 10.5. The Bertz CT molecular complexity index is 116. The number of aliphatic imine (C=N–C) groups is 1. The Balaban J connectivity index is 4.09. The fraction of sp³-hybridized carbons (Fsp3) is 0.889. The topological polar surface area (TPSA) is 15.6 Å². The Morgan fingerprint density at radius 1 is 1.36 bits per heavy atom. The molecule has 0 spiro atoms. The highest BCUT2D eigenvalue weighted by Gasteiger charge is 2.05. The molecule has 0 aliphatic carbocycles. The first-order valence-corrected chi connectivity index (χ1v) is 4.31. The monoisotopic (exact) mass is 156 g/mol. The fourth-order valence-electron chi connectivity index (χ4n) is 1.07. The Kier molecular flexibility index (Phi) is 4.92. The highest BCUT2D eigenvalue weighted by atomic mass is 15.1. The molecule has 2 nitrogen and oxygen atoms in total. The summed E-state index contributed by atoms with van der Waals surface area (Å²) in [6, 6.07) is 0. The normalized spacial score (nSPS) is 12.4. The quantitative estimate of drug-likeness (QED) is 0.451. The SMILES string of the molecule is CCCN=C(C(C)C)N(C)C. The third kappa shape index (κ3) is 4.02. The summed E-state index contributed by atoms with van der Waals surface area (Å²) in [5.41, 5.74) is 0. The van der Waals surface area contributed by atoms with Gasteiger partial charge >= 0.3 is 0 Å². The van der Waals surface area contributed by atoms with Gasteiger partial charge in [-0.25, -0.2) is 0 Å². The van der Waals surface area contributed by atoms with E-state index in [0.717, 1.165) is 13.0 Å². The molecule has 2 heteroatoms. The second-order valence-corrected chi connectivity index (χ2v) is 3.29. The van der Waals surface area contributed by atoms with Crippen LogP contribution in [0, 0.1) is 5.92 Å². The van der Waals surface area contributed by atoms with Crippen molar-refractivity contribution in [1.29, 1.82) is 0 Å². The van der Waals surface area contributed by atoms with Crippen LogP contribution < -0.4 is 0 Å². The first-order valence-electron chi connectivity index (χ1n) is 4.31. The highest BCUT2D eigenvalue weighted by molar-refractivity contribution is 5.83. The van der Waals surface area contributed by atoms with E-state index in [1.54, 1.807) is 0 Å². The van der Waals surface area contributed by atoms with Crippen molar-refractivity contribution in [2.75, 3.05) is 20.6 Å². The average Bonchev–Trinajstić information content (AvgIpc) is 1.87. The van der Waals surface area contributed by atoms with Crippen LogP contribution in [-0.4, -0.2) is 31.4 Å². The van der Waals surface area contributed by atoms with Crippen molar-refractivity contribution < 1.29 is 0 Å². The molecule has 0 aromatic heterocycles. The lowest BCUT2D eigenvalue weighted by Gasteiger charge is -2.18. The van der Waals surface area contributed by atoms with E-state index < -0.39 is 0 Å². The maximum absolute atomic E-state index is 4.48. The molecule has 0 radical (unpaired) electrons. The van der Waals surface area contributed by atoms with Crippen molar-refractivity contribution >= 4 is 5.84 Å². The molecular weight excluding hydrogens is 136 g/mol. The zero-order valence-corrected chi connectivity index (χ0v) is 8.39. The molecule has 0 unspecified atom stereocenters. The van der Waals surface area contributed by atoms with Crippen LogP contribution >= 0.6 is 0 Å². The number of nitrogens with zero attached hydrogens (tertiary/aromatic N) is 2. The van der Waals surface area contributed by atoms with Crippen LogP contribution in [0.1, 0.15) is 27.2 Å². The number of amidine groups is 1. The van der Waals surface area contributed by atoms with E-state index in [0.29, 0.717) is 5.92 Å². The van der Waals surface area contributed by atoms with Gasteiger partial charge in [0.05, 0.1) is 0 Å². The van der Waals surface area contributed by atoms with Crippen LogP contribution in [0.3, 0.4) is 0 Å². The van der Waals surface area contributed by atoms with E-state index in [9.17, 15) is 0 Å². The molecule has 66 valence electrons. The lowest BCUT2D eigenvalue weighted by Crippen LogP contribution is -2.27. The fourth-order valence-corrected chi connectivity index (χ4v) is 1.07. The molecule has 0 saturated heterocycles. The molecule has 0 fully saturated rings. The number of hydrogen-bond acceptors (Lipinski definition) is 1. The van der Waals surface area contributed by atoms with Gasteiger partial charge in [0.1, 0.15) is 5.84 Å². The lowest BCUT2D eigenvalue weighted by atomic mass is 10.2. The lowest BCUT2D eigenvalue weighted by molar-refractivity contribution is 0.569. The molecule has 0 aliphatic heterocycles. The smallest absolute Gasteiger partial charge is 0.101 e. The Hall–Kier alpha value is -0.530. The summed E-state index contributed by atoms with van der Waals surface area (Å²) in [5.74, 6) is 1.74. The van der Waals surface area contributed by atoms with Gasteiger partial charge in [0.25, 0.3) is 0 Å². The first-order chi connectivity index (χ1) is 5.09. The Labute approximate surface area is 70.3 Å². The summed E-state index contributed by atoms with van der Waals surface area (Å²) in [5, 5.41) is 0. The maximum atomic E-state index is 4.48. The summed E-state index contributed by atoms with van der Waals surface area (Å²) in [4.78, 5) is 6.58. The molecule has 0 rings (SSSR count). The van der Waals surface area contributed by atoms with Crippen LogP contribution in [0.15, 0.2) is 4.99 Å². The van der Waals surface area contributed by atoms with Crippen molar-refractivity contribution in [3.05, 3.63) is 0 Å². The van der Waals surface area contributed by atoms with Gasteiger partial charge < -0.3 is 4.90 Å². The van der Waals surface area contributed by atoms with Crippen molar-refractivity contribution in [3.63, 3.8) is 0 Å². The Morgan fingerprint density at radius 3 is 2.18 bits per heavy atom. The van der Waals surface area contributed by atoms with Gasteiger partial charge in [-0.3, -0.25) is 4.99 Å². The van der Waals surface area contributed by atoms with Crippen molar-refractivity contribution in [3.8, 4) is 0 Å². The van der Waals surface area contributed by atoms with Crippen LogP contribution in [-0.2, 0) is 0 Å². The van der Waals surface area contributed by atoms with Crippen LogP contribution in [0.4, 0.5) is 0 Å². The van der Waals surface area contributed by atoms with Gasteiger partial charge in [-0.05, 0) is 6.42 Å². The van der Waals surface area contributed by atoms with Crippen LogP contribution in [0.2, 0.25) is 0 Å². The van der Waals surface area contributed by atoms with E-state index in [2.05, 4.69) is 44.8 Å². The molecule has 0 amide bonds. The molecule has 0 bridgehead atoms. The van der Waals surface area contributed by atoms with E-state index >= 15 is 0 Å². The minimum atomic E-state index is 0.538. The molecule has 0 atom stereocenters. The van der Waals surface area contributed by atoms with E-state index in [1.165, 1.54) is 5.84 Å². The van der Waals surface area contributed by atoms with E-state index in [-0.39, 0.29) is 0 Å². The second-order valence-electron chi connectivity index (χ2n) is 3.29. The summed E-state index contributed by atoms with van der Waals surface area (Å²) in [6.45, 7) is 7.45. The second kappa shape index (κ2) is 5.16. The van der Waals surface area contributed by atoms with Gasteiger partial charge in [-0.15, -0.1) is 0 Å². The minimum Gasteiger partial charge on any atom is -0.366 e. The molecule has 0 aliphatic rings. The third-order valence-corrected chi connectivity index (χ3v) is 1.47. The highest BCUT2D eigenvalue weighted by Crippen LogP contribution is 2.00. The van der Waals surface area contributed by atoms with Gasteiger partial charge in [0, 0.05) is 26.6 Å². The Morgan fingerprint density at radius 2 is 1.91 bits per heavy atom. The zero-order chi connectivity index (χ0) is 8.85. The van der Waals surface area contributed by atoms with Crippen molar-refractivity contribution in [1.82, 2.24) is 4.90 Å². The molecule has 0 aromatic carbocycles. The van der Waals surface area contributed by atoms with Crippen LogP contribution in [0.25, 0.3) is 0 Å². The van der Waals surface area contributed by atoms with E-state index in [4.69, 9.17) is 0 Å². The standard InChI is InChI=1S/C9H20N2/c1-6-7-10-9(8(2)3)11(4)5/h8H,6-7H2,1-5H3. The molecule has 0 aromatic rings. The summed E-state index contributed by atoms with van der Waals surface area (Å²) in [7, 11) is 4.10. The molecule has 11 heavy (non-hydrogen) atoms. The molecule has 0 heterocycles. The average molecular weight is 156 g/mol. The maximum Gasteiger partial charge on any atom is 0.101 e. The summed E-state index contributed by atoms with van der Waals surface area (Å²) >= 11 is 0. The van der Waals surface area contributed by atoms with Gasteiger partial charge in [-0.2, -0.15) is 0 Å².